The molecule has 1 aromatic carbocycles. The van der Waals surface area contributed by atoms with Gasteiger partial charge in [0.25, 0.3) is 0 Å². The number of rotatable bonds is 4. The molecule has 2 heterocycles. The third kappa shape index (κ3) is 2.76. The molecule has 0 radical (unpaired) electrons. The first-order chi connectivity index (χ1) is 10.2. The third-order valence-corrected chi connectivity index (χ3v) is 4.61. The van der Waals surface area contributed by atoms with Crippen LogP contribution >= 0.6 is 11.3 Å². The van der Waals surface area contributed by atoms with Crippen LogP contribution in [0.25, 0.3) is 21.3 Å². The Labute approximate surface area is 129 Å². The Morgan fingerprint density at radius 3 is 2.67 bits per heavy atom. The molecule has 0 bridgehead atoms. The van der Waals surface area contributed by atoms with Crippen LogP contribution in [0.4, 0.5) is 5.82 Å². The van der Waals surface area contributed by atoms with E-state index in [1.807, 2.05) is 0 Å². The van der Waals surface area contributed by atoms with Gasteiger partial charge in [0.2, 0.25) is 0 Å². The molecule has 1 N–H and O–H groups in total. The molecule has 21 heavy (non-hydrogen) atoms. The molecule has 0 amide bonds. The molecule has 0 aliphatic carbocycles. The zero-order chi connectivity index (χ0) is 14.8. The van der Waals surface area contributed by atoms with Gasteiger partial charge < -0.3 is 5.32 Å². The molecule has 0 unspecified atom stereocenters. The molecule has 108 valence electrons. The summed E-state index contributed by atoms with van der Waals surface area (Å²) in [6.45, 7) is 6.45. The van der Waals surface area contributed by atoms with Gasteiger partial charge in [-0.2, -0.15) is 0 Å². The first-order valence-electron chi connectivity index (χ1n) is 7.24. The summed E-state index contributed by atoms with van der Waals surface area (Å²) in [6, 6.07) is 9.01. The van der Waals surface area contributed by atoms with Gasteiger partial charge in [-0.15, -0.1) is 11.3 Å². The molecule has 4 heteroatoms. The Hall–Kier alpha value is -1.94. The summed E-state index contributed by atoms with van der Waals surface area (Å²) < 4.78 is 0. The second-order valence-corrected chi connectivity index (χ2v) is 6.23. The maximum Gasteiger partial charge on any atom is 0.139 e. The van der Waals surface area contributed by atoms with Crippen molar-refractivity contribution in [3.05, 3.63) is 41.5 Å². The van der Waals surface area contributed by atoms with Crippen molar-refractivity contribution in [3.63, 3.8) is 0 Å². The van der Waals surface area contributed by atoms with Crippen LogP contribution in [0.2, 0.25) is 0 Å². The fourth-order valence-electron chi connectivity index (χ4n) is 2.27. The number of hydrogen-bond acceptors (Lipinski definition) is 4. The zero-order valence-electron chi connectivity index (χ0n) is 12.6. The van der Waals surface area contributed by atoms with Gasteiger partial charge >= 0.3 is 0 Å². The van der Waals surface area contributed by atoms with E-state index in [2.05, 4.69) is 65.7 Å². The summed E-state index contributed by atoms with van der Waals surface area (Å²) in [5, 5.41) is 6.80. The lowest BCUT2D eigenvalue weighted by atomic mass is 10.0. The van der Waals surface area contributed by atoms with Gasteiger partial charge in [0, 0.05) is 17.0 Å². The largest absolute Gasteiger partial charge is 0.367 e. The fraction of sp³-hybridized carbons (Fsp3) is 0.294. The van der Waals surface area contributed by atoms with Gasteiger partial charge in [-0.25, -0.2) is 9.97 Å². The van der Waals surface area contributed by atoms with Crippen LogP contribution in [0.3, 0.4) is 0 Å². The average Bonchev–Trinajstić information content (AvgIpc) is 2.93. The highest BCUT2D eigenvalue weighted by Crippen LogP contribution is 2.36. The van der Waals surface area contributed by atoms with Gasteiger partial charge in [-0.3, -0.25) is 0 Å². The fourth-order valence-corrected chi connectivity index (χ4v) is 3.18. The van der Waals surface area contributed by atoms with E-state index in [0.717, 1.165) is 22.5 Å². The lowest BCUT2D eigenvalue weighted by Crippen LogP contribution is -2.14. The second kappa shape index (κ2) is 5.82. The second-order valence-electron chi connectivity index (χ2n) is 5.37. The van der Waals surface area contributed by atoms with Crippen molar-refractivity contribution in [1.82, 2.24) is 9.97 Å². The van der Waals surface area contributed by atoms with E-state index in [9.17, 15) is 0 Å². The molecular formula is C17H19N3S. The molecule has 0 saturated heterocycles. The molecule has 2 aromatic heterocycles. The number of thiophene rings is 1. The van der Waals surface area contributed by atoms with Gasteiger partial charge in [0.15, 0.2) is 0 Å². The standard InChI is InChI=1S/C17H19N3S/c1-4-12(3)20-16-15-14(9-21-17(15)19-10-18-16)13-7-5-11(2)6-8-13/h5-10,12H,4H2,1-3H3,(H,18,19,20)/t12-/m0/s1. The number of nitrogens with zero attached hydrogens (tertiary/aromatic N) is 2. The van der Waals surface area contributed by atoms with Gasteiger partial charge in [0.1, 0.15) is 17.0 Å². The zero-order valence-corrected chi connectivity index (χ0v) is 13.4. The predicted octanol–water partition coefficient (Wildman–Crippen LogP) is 4.88. The molecule has 3 aromatic rings. The normalized spacial score (nSPS) is 12.5. The van der Waals surface area contributed by atoms with E-state index < -0.39 is 0 Å². The van der Waals surface area contributed by atoms with Crippen LogP contribution in [0.1, 0.15) is 25.8 Å². The molecule has 0 aliphatic rings. The van der Waals surface area contributed by atoms with E-state index in [1.54, 1.807) is 17.7 Å². The Morgan fingerprint density at radius 1 is 1.19 bits per heavy atom. The Kier molecular flexibility index (Phi) is 3.88. The summed E-state index contributed by atoms with van der Waals surface area (Å²) >= 11 is 1.67. The number of anilines is 1. The SMILES string of the molecule is CC[C@H](C)Nc1ncnc2scc(-c3ccc(C)cc3)c12. The van der Waals surface area contributed by atoms with E-state index in [-0.39, 0.29) is 0 Å². The van der Waals surface area contributed by atoms with Crippen LogP contribution in [-0.4, -0.2) is 16.0 Å². The summed E-state index contributed by atoms with van der Waals surface area (Å²) in [5.74, 6) is 0.936. The topological polar surface area (TPSA) is 37.8 Å². The third-order valence-electron chi connectivity index (χ3n) is 3.73. The van der Waals surface area contributed by atoms with Gasteiger partial charge in [-0.05, 0) is 25.8 Å². The first-order valence-corrected chi connectivity index (χ1v) is 8.12. The van der Waals surface area contributed by atoms with E-state index in [0.29, 0.717) is 6.04 Å². The highest BCUT2D eigenvalue weighted by Gasteiger charge is 2.13. The lowest BCUT2D eigenvalue weighted by Gasteiger charge is -2.13. The van der Waals surface area contributed by atoms with Crippen molar-refractivity contribution >= 4 is 27.4 Å². The van der Waals surface area contributed by atoms with Crippen molar-refractivity contribution in [1.29, 1.82) is 0 Å². The molecule has 3 rings (SSSR count). The molecule has 0 saturated carbocycles. The van der Waals surface area contributed by atoms with Gasteiger partial charge in [0.05, 0.1) is 5.39 Å². The predicted molar refractivity (Wildman–Crippen MR) is 91.0 cm³/mol. The van der Waals surface area contributed by atoms with Crippen LogP contribution in [-0.2, 0) is 0 Å². The summed E-state index contributed by atoms with van der Waals surface area (Å²) in [7, 11) is 0. The van der Waals surface area contributed by atoms with Crippen LogP contribution < -0.4 is 5.32 Å². The molecular weight excluding hydrogens is 278 g/mol. The van der Waals surface area contributed by atoms with E-state index >= 15 is 0 Å². The Morgan fingerprint density at radius 2 is 1.95 bits per heavy atom. The van der Waals surface area contributed by atoms with Crippen molar-refractivity contribution < 1.29 is 0 Å². The maximum atomic E-state index is 4.46. The Bertz CT molecular complexity index is 746. The minimum atomic E-state index is 0.397. The highest BCUT2D eigenvalue weighted by molar-refractivity contribution is 7.17. The van der Waals surface area contributed by atoms with Crippen molar-refractivity contribution in [2.24, 2.45) is 0 Å². The first kappa shape index (κ1) is 14.0. The smallest absolute Gasteiger partial charge is 0.139 e. The summed E-state index contributed by atoms with van der Waals surface area (Å²) in [6.07, 6.45) is 2.71. The van der Waals surface area contributed by atoms with Crippen LogP contribution in [0.5, 0.6) is 0 Å². The number of hydrogen-bond donors (Lipinski definition) is 1. The van der Waals surface area contributed by atoms with Crippen LogP contribution in [0, 0.1) is 6.92 Å². The molecule has 0 spiro atoms. The van der Waals surface area contributed by atoms with E-state index in [1.165, 1.54) is 16.7 Å². The van der Waals surface area contributed by atoms with E-state index in [4.69, 9.17) is 0 Å². The number of aromatic nitrogens is 2. The molecule has 0 aliphatic heterocycles. The molecule has 1 atom stereocenters. The number of nitrogens with one attached hydrogen (secondary N) is 1. The van der Waals surface area contributed by atoms with Gasteiger partial charge in [-0.1, -0.05) is 36.8 Å². The minimum absolute atomic E-state index is 0.397. The molecule has 3 nitrogen and oxygen atoms in total. The summed E-state index contributed by atoms with van der Waals surface area (Å²) in [5.41, 5.74) is 3.70. The average molecular weight is 297 g/mol. The molecule has 0 fully saturated rings. The minimum Gasteiger partial charge on any atom is -0.367 e. The Balaban J connectivity index is 2.13. The maximum absolute atomic E-state index is 4.46. The van der Waals surface area contributed by atoms with Crippen LogP contribution in [0.15, 0.2) is 36.0 Å². The summed E-state index contributed by atoms with van der Waals surface area (Å²) in [4.78, 5) is 9.89. The lowest BCUT2D eigenvalue weighted by molar-refractivity contribution is 0.760. The quantitative estimate of drug-likeness (QED) is 0.746. The monoisotopic (exact) mass is 297 g/mol. The highest BCUT2D eigenvalue weighted by atomic mass is 32.1. The van der Waals surface area contributed by atoms with Crippen molar-refractivity contribution in [2.75, 3.05) is 5.32 Å². The number of benzene rings is 1. The number of aryl methyl sites for hydroxylation is 1. The number of fused-ring (bicyclic) bond motifs is 1. The van der Waals surface area contributed by atoms with Crippen molar-refractivity contribution in [2.45, 2.75) is 33.2 Å². The van der Waals surface area contributed by atoms with Crippen molar-refractivity contribution in [3.8, 4) is 11.1 Å².